The highest BCUT2D eigenvalue weighted by molar-refractivity contribution is 5.85. The van der Waals surface area contributed by atoms with Crippen molar-refractivity contribution < 1.29 is 9.13 Å². The molecule has 2 aromatic rings. The van der Waals surface area contributed by atoms with Crippen LogP contribution in [0.5, 0.6) is 0 Å². The van der Waals surface area contributed by atoms with Crippen LogP contribution in [0.15, 0.2) is 18.2 Å². The van der Waals surface area contributed by atoms with Crippen LogP contribution in [0.2, 0.25) is 0 Å². The van der Waals surface area contributed by atoms with E-state index in [2.05, 4.69) is 4.57 Å². The third-order valence-corrected chi connectivity index (χ3v) is 3.34. The molecule has 0 fully saturated rings. The molecule has 0 aliphatic carbocycles. The average Bonchev–Trinajstić information content (AvgIpc) is 2.56. The van der Waals surface area contributed by atoms with Crippen molar-refractivity contribution in [3.8, 4) is 0 Å². The summed E-state index contributed by atoms with van der Waals surface area (Å²) in [5, 5.41) is 1.01. The quantitative estimate of drug-likeness (QED) is 0.740. The van der Waals surface area contributed by atoms with Crippen LogP contribution in [-0.4, -0.2) is 18.3 Å². The zero-order chi connectivity index (χ0) is 12.4. The molecule has 0 aliphatic rings. The standard InChI is InChI=1S/C14H18FNO/c1-10-11(2)16(8-5-9-17-3)14-12(10)6-4-7-13(14)15/h4,6-7H,5,8-9H2,1-3H3. The number of aromatic nitrogens is 1. The van der Waals surface area contributed by atoms with Gasteiger partial charge in [-0.3, -0.25) is 0 Å². The van der Waals surface area contributed by atoms with E-state index < -0.39 is 0 Å². The number of para-hydroxylation sites is 1. The molecule has 17 heavy (non-hydrogen) atoms. The minimum atomic E-state index is -0.142. The Morgan fingerprint density at radius 1 is 1.29 bits per heavy atom. The second kappa shape index (κ2) is 4.88. The average molecular weight is 235 g/mol. The van der Waals surface area contributed by atoms with Crippen molar-refractivity contribution in [3.05, 3.63) is 35.3 Å². The molecular weight excluding hydrogens is 217 g/mol. The van der Waals surface area contributed by atoms with Crippen molar-refractivity contribution >= 4 is 10.9 Å². The number of halogens is 1. The van der Waals surface area contributed by atoms with Crippen LogP contribution in [0, 0.1) is 19.7 Å². The predicted octanol–water partition coefficient (Wildman–Crippen LogP) is 3.43. The lowest BCUT2D eigenvalue weighted by Gasteiger charge is -2.08. The molecule has 0 radical (unpaired) electrons. The second-order valence-electron chi connectivity index (χ2n) is 4.34. The number of fused-ring (bicyclic) bond motifs is 1. The first-order valence-electron chi connectivity index (χ1n) is 5.89. The molecule has 3 heteroatoms. The van der Waals surface area contributed by atoms with E-state index in [4.69, 9.17) is 4.74 Å². The van der Waals surface area contributed by atoms with E-state index in [9.17, 15) is 4.39 Å². The van der Waals surface area contributed by atoms with Gasteiger partial charge in [0.1, 0.15) is 5.82 Å². The van der Waals surface area contributed by atoms with E-state index in [-0.39, 0.29) is 5.82 Å². The Morgan fingerprint density at radius 2 is 2.06 bits per heavy atom. The van der Waals surface area contributed by atoms with Crippen LogP contribution < -0.4 is 0 Å². The molecule has 0 bridgehead atoms. The fourth-order valence-corrected chi connectivity index (χ4v) is 2.30. The number of rotatable bonds is 4. The molecule has 0 atom stereocenters. The summed E-state index contributed by atoms with van der Waals surface area (Å²) in [6.07, 6.45) is 0.898. The first kappa shape index (κ1) is 12.1. The van der Waals surface area contributed by atoms with Gasteiger partial charge in [-0.05, 0) is 31.9 Å². The normalized spacial score (nSPS) is 11.3. The first-order valence-corrected chi connectivity index (χ1v) is 5.89. The molecule has 0 aliphatic heterocycles. The highest BCUT2D eigenvalue weighted by Crippen LogP contribution is 2.27. The number of hydrogen-bond acceptors (Lipinski definition) is 1. The van der Waals surface area contributed by atoms with Gasteiger partial charge in [-0.25, -0.2) is 4.39 Å². The van der Waals surface area contributed by atoms with E-state index in [0.29, 0.717) is 6.61 Å². The highest BCUT2D eigenvalue weighted by atomic mass is 19.1. The topological polar surface area (TPSA) is 14.2 Å². The Bertz CT molecular complexity index is 530. The Kier molecular flexibility index (Phi) is 3.48. The van der Waals surface area contributed by atoms with Crippen LogP contribution in [0.1, 0.15) is 17.7 Å². The van der Waals surface area contributed by atoms with Crippen LogP contribution in [0.4, 0.5) is 4.39 Å². The zero-order valence-electron chi connectivity index (χ0n) is 10.6. The molecule has 1 heterocycles. The Morgan fingerprint density at radius 3 is 2.76 bits per heavy atom. The third kappa shape index (κ3) is 2.07. The maximum absolute atomic E-state index is 13.9. The van der Waals surface area contributed by atoms with Gasteiger partial charge in [-0.15, -0.1) is 0 Å². The molecule has 0 spiro atoms. The largest absolute Gasteiger partial charge is 0.385 e. The monoisotopic (exact) mass is 235 g/mol. The van der Waals surface area contributed by atoms with Gasteiger partial charge in [0.15, 0.2) is 0 Å². The molecule has 1 aromatic carbocycles. The maximum Gasteiger partial charge on any atom is 0.147 e. The summed E-state index contributed by atoms with van der Waals surface area (Å²) in [6, 6.07) is 5.27. The van der Waals surface area contributed by atoms with Gasteiger partial charge in [0, 0.05) is 31.3 Å². The summed E-state index contributed by atoms with van der Waals surface area (Å²) in [7, 11) is 1.69. The van der Waals surface area contributed by atoms with Gasteiger partial charge in [0.25, 0.3) is 0 Å². The Hall–Kier alpha value is -1.35. The molecule has 0 unspecified atom stereocenters. The highest BCUT2D eigenvalue weighted by Gasteiger charge is 2.13. The van der Waals surface area contributed by atoms with Crippen molar-refractivity contribution in [2.75, 3.05) is 13.7 Å². The minimum absolute atomic E-state index is 0.142. The van der Waals surface area contributed by atoms with Gasteiger partial charge in [-0.1, -0.05) is 12.1 Å². The zero-order valence-corrected chi connectivity index (χ0v) is 10.6. The summed E-state index contributed by atoms with van der Waals surface area (Å²) in [5.74, 6) is -0.142. The maximum atomic E-state index is 13.9. The van der Waals surface area contributed by atoms with E-state index in [1.54, 1.807) is 13.2 Å². The van der Waals surface area contributed by atoms with E-state index in [1.807, 2.05) is 19.9 Å². The van der Waals surface area contributed by atoms with Crippen molar-refractivity contribution in [3.63, 3.8) is 0 Å². The van der Waals surface area contributed by atoms with Gasteiger partial charge in [-0.2, -0.15) is 0 Å². The van der Waals surface area contributed by atoms with Gasteiger partial charge < -0.3 is 9.30 Å². The summed E-state index contributed by atoms with van der Waals surface area (Å²) in [5.41, 5.74) is 3.02. The van der Waals surface area contributed by atoms with Crippen molar-refractivity contribution in [1.82, 2.24) is 4.57 Å². The Labute approximate surface area is 101 Å². The lowest BCUT2D eigenvalue weighted by Crippen LogP contribution is -2.04. The molecule has 1 aromatic heterocycles. The van der Waals surface area contributed by atoms with Crippen molar-refractivity contribution in [2.24, 2.45) is 0 Å². The fraction of sp³-hybridized carbons (Fsp3) is 0.429. The molecule has 2 rings (SSSR count). The minimum Gasteiger partial charge on any atom is -0.385 e. The molecular formula is C14H18FNO. The smallest absolute Gasteiger partial charge is 0.147 e. The van der Waals surface area contributed by atoms with Crippen LogP contribution >= 0.6 is 0 Å². The number of nitrogens with zero attached hydrogens (tertiary/aromatic N) is 1. The Balaban J connectivity index is 2.49. The van der Waals surface area contributed by atoms with Crippen LogP contribution in [0.3, 0.4) is 0 Å². The molecule has 0 N–H and O–H groups in total. The summed E-state index contributed by atoms with van der Waals surface area (Å²) in [6.45, 7) is 5.59. The number of aryl methyl sites for hydroxylation is 2. The molecule has 0 saturated carbocycles. The molecule has 92 valence electrons. The summed E-state index contributed by atoms with van der Waals surface area (Å²) < 4.78 is 21.0. The van der Waals surface area contributed by atoms with E-state index in [0.717, 1.165) is 35.1 Å². The number of ether oxygens (including phenoxy) is 1. The molecule has 0 saturated heterocycles. The van der Waals surface area contributed by atoms with Gasteiger partial charge >= 0.3 is 0 Å². The van der Waals surface area contributed by atoms with Gasteiger partial charge in [0.2, 0.25) is 0 Å². The predicted molar refractivity (Wildman–Crippen MR) is 67.9 cm³/mol. The van der Waals surface area contributed by atoms with Gasteiger partial charge in [0.05, 0.1) is 5.52 Å². The second-order valence-corrected chi connectivity index (χ2v) is 4.34. The SMILES string of the molecule is COCCCn1c(C)c(C)c2cccc(F)c21. The van der Waals surface area contributed by atoms with E-state index >= 15 is 0 Å². The lowest BCUT2D eigenvalue weighted by atomic mass is 10.1. The summed E-state index contributed by atoms with van der Waals surface area (Å²) in [4.78, 5) is 0. The van der Waals surface area contributed by atoms with Crippen molar-refractivity contribution in [2.45, 2.75) is 26.8 Å². The van der Waals surface area contributed by atoms with Crippen LogP contribution in [-0.2, 0) is 11.3 Å². The molecule has 2 nitrogen and oxygen atoms in total. The lowest BCUT2D eigenvalue weighted by molar-refractivity contribution is 0.190. The van der Waals surface area contributed by atoms with Crippen LogP contribution in [0.25, 0.3) is 10.9 Å². The fourth-order valence-electron chi connectivity index (χ4n) is 2.30. The molecule has 0 amide bonds. The first-order chi connectivity index (χ1) is 8.16. The van der Waals surface area contributed by atoms with E-state index in [1.165, 1.54) is 6.07 Å². The number of hydrogen-bond donors (Lipinski definition) is 0. The third-order valence-electron chi connectivity index (χ3n) is 3.34. The number of methoxy groups -OCH3 is 1. The summed E-state index contributed by atoms with van der Waals surface area (Å²) >= 11 is 0. The van der Waals surface area contributed by atoms with Crippen molar-refractivity contribution in [1.29, 1.82) is 0 Å². The number of benzene rings is 1.